The van der Waals surface area contributed by atoms with E-state index >= 15 is 0 Å². The third-order valence-corrected chi connectivity index (χ3v) is 2.81. The van der Waals surface area contributed by atoms with Gasteiger partial charge in [0.1, 0.15) is 5.75 Å². The van der Waals surface area contributed by atoms with Gasteiger partial charge in [0.25, 0.3) is 0 Å². The van der Waals surface area contributed by atoms with E-state index in [2.05, 4.69) is 24.9 Å². The molecule has 0 fully saturated rings. The standard InChI is InChI=1S/C11H16ClNOS/c1-8-5-11(14-2)10(12)6-9(8)3-4-13-7-15/h5-6,13,15H,3-4,7H2,1-2H3. The van der Waals surface area contributed by atoms with Crippen molar-refractivity contribution < 1.29 is 4.74 Å². The van der Waals surface area contributed by atoms with E-state index in [0.717, 1.165) is 18.7 Å². The molecule has 0 aliphatic carbocycles. The average molecular weight is 246 g/mol. The number of thiol groups is 1. The normalized spacial score (nSPS) is 10.4. The summed E-state index contributed by atoms with van der Waals surface area (Å²) in [5.41, 5.74) is 2.45. The third-order valence-electron chi connectivity index (χ3n) is 2.29. The Labute approximate surface area is 101 Å². The van der Waals surface area contributed by atoms with E-state index in [1.54, 1.807) is 7.11 Å². The summed E-state index contributed by atoms with van der Waals surface area (Å²) in [7, 11) is 1.63. The summed E-state index contributed by atoms with van der Waals surface area (Å²) in [6.45, 7) is 2.97. The molecular weight excluding hydrogens is 230 g/mol. The molecule has 0 radical (unpaired) electrons. The molecule has 15 heavy (non-hydrogen) atoms. The van der Waals surface area contributed by atoms with Crippen molar-refractivity contribution >= 4 is 24.2 Å². The minimum atomic E-state index is 0.670. The molecule has 4 heteroatoms. The van der Waals surface area contributed by atoms with Gasteiger partial charge in [-0.15, -0.1) is 0 Å². The number of rotatable bonds is 5. The Kier molecular flexibility index (Phi) is 5.29. The van der Waals surface area contributed by atoms with Crippen molar-refractivity contribution in [2.45, 2.75) is 13.3 Å². The molecule has 1 rings (SSSR count). The number of hydrogen-bond acceptors (Lipinski definition) is 3. The van der Waals surface area contributed by atoms with E-state index in [4.69, 9.17) is 16.3 Å². The quantitative estimate of drug-likeness (QED) is 0.473. The number of methoxy groups -OCH3 is 1. The first-order chi connectivity index (χ1) is 7.19. The lowest BCUT2D eigenvalue weighted by Crippen LogP contribution is -2.15. The predicted octanol–water partition coefficient (Wildman–Crippen LogP) is 2.68. The van der Waals surface area contributed by atoms with Crippen LogP contribution in [0.2, 0.25) is 5.02 Å². The Morgan fingerprint density at radius 2 is 2.20 bits per heavy atom. The molecule has 0 heterocycles. The van der Waals surface area contributed by atoms with Crippen LogP contribution in [-0.2, 0) is 6.42 Å². The number of aryl methyl sites for hydroxylation is 1. The van der Waals surface area contributed by atoms with E-state index < -0.39 is 0 Å². The van der Waals surface area contributed by atoms with Gasteiger partial charge in [0.15, 0.2) is 0 Å². The highest BCUT2D eigenvalue weighted by molar-refractivity contribution is 7.80. The van der Waals surface area contributed by atoms with Crippen molar-refractivity contribution in [3.8, 4) is 5.75 Å². The molecule has 0 saturated carbocycles. The molecule has 0 aliphatic rings. The number of benzene rings is 1. The highest BCUT2D eigenvalue weighted by Crippen LogP contribution is 2.27. The molecular formula is C11H16ClNOS. The van der Waals surface area contributed by atoms with Crippen molar-refractivity contribution in [1.82, 2.24) is 5.32 Å². The molecule has 1 aromatic carbocycles. The largest absolute Gasteiger partial charge is 0.495 e. The fraction of sp³-hybridized carbons (Fsp3) is 0.455. The van der Waals surface area contributed by atoms with E-state index in [1.807, 2.05) is 12.1 Å². The van der Waals surface area contributed by atoms with Crippen molar-refractivity contribution in [3.05, 3.63) is 28.3 Å². The topological polar surface area (TPSA) is 21.3 Å². The molecule has 0 aromatic heterocycles. The Morgan fingerprint density at radius 1 is 1.47 bits per heavy atom. The molecule has 0 saturated heterocycles. The van der Waals surface area contributed by atoms with Gasteiger partial charge in [-0.25, -0.2) is 0 Å². The zero-order valence-electron chi connectivity index (χ0n) is 9.01. The Bertz CT molecular complexity index is 331. The van der Waals surface area contributed by atoms with Crippen molar-refractivity contribution in [1.29, 1.82) is 0 Å². The molecule has 1 N–H and O–H groups in total. The van der Waals surface area contributed by atoms with Gasteiger partial charge in [0.05, 0.1) is 12.1 Å². The van der Waals surface area contributed by atoms with Crippen LogP contribution in [0.15, 0.2) is 12.1 Å². The highest BCUT2D eigenvalue weighted by atomic mass is 35.5. The summed E-state index contributed by atoms with van der Waals surface area (Å²) >= 11 is 10.1. The van der Waals surface area contributed by atoms with Crippen LogP contribution >= 0.6 is 24.2 Å². The SMILES string of the molecule is COc1cc(C)c(CCNCS)cc1Cl. The van der Waals surface area contributed by atoms with Crippen LogP contribution in [0.1, 0.15) is 11.1 Å². The maximum atomic E-state index is 6.05. The predicted molar refractivity (Wildman–Crippen MR) is 68.3 cm³/mol. The van der Waals surface area contributed by atoms with Crippen molar-refractivity contribution in [2.75, 3.05) is 19.5 Å². The fourth-order valence-corrected chi connectivity index (χ4v) is 1.85. The van der Waals surface area contributed by atoms with E-state index in [1.165, 1.54) is 11.1 Å². The third kappa shape index (κ3) is 3.59. The smallest absolute Gasteiger partial charge is 0.137 e. The zero-order chi connectivity index (χ0) is 11.3. The van der Waals surface area contributed by atoms with Gasteiger partial charge in [-0.1, -0.05) is 11.6 Å². The first-order valence-corrected chi connectivity index (χ1v) is 5.84. The molecule has 0 unspecified atom stereocenters. The molecule has 0 aliphatic heterocycles. The summed E-state index contributed by atoms with van der Waals surface area (Å²) in [4.78, 5) is 0. The molecule has 84 valence electrons. The molecule has 0 amide bonds. The van der Waals surface area contributed by atoms with Crippen LogP contribution in [0.5, 0.6) is 5.75 Å². The molecule has 1 aromatic rings. The first-order valence-electron chi connectivity index (χ1n) is 4.83. The number of hydrogen-bond donors (Lipinski definition) is 2. The Hall–Kier alpha value is -0.380. The number of ether oxygens (including phenoxy) is 1. The van der Waals surface area contributed by atoms with Gasteiger partial charge < -0.3 is 10.1 Å². The Morgan fingerprint density at radius 3 is 2.80 bits per heavy atom. The second-order valence-corrected chi connectivity index (χ2v) is 4.04. The van der Waals surface area contributed by atoms with Crippen molar-refractivity contribution in [2.24, 2.45) is 0 Å². The highest BCUT2D eigenvalue weighted by Gasteiger charge is 2.05. The fourth-order valence-electron chi connectivity index (χ4n) is 1.42. The van der Waals surface area contributed by atoms with E-state index in [9.17, 15) is 0 Å². The molecule has 2 nitrogen and oxygen atoms in total. The van der Waals surface area contributed by atoms with Gasteiger partial charge in [-0.2, -0.15) is 12.6 Å². The maximum Gasteiger partial charge on any atom is 0.137 e. The van der Waals surface area contributed by atoms with Crippen LogP contribution in [0.4, 0.5) is 0 Å². The first kappa shape index (κ1) is 12.7. The summed E-state index contributed by atoms with van der Waals surface area (Å²) in [5.74, 6) is 1.43. The summed E-state index contributed by atoms with van der Waals surface area (Å²) in [6.07, 6.45) is 0.954. The lowest BCUT2D eigenvalue weighted by Gasteiger charge is -2.10. The van der Waals surface area contributed by atoms with Gasteiger partial charge in [0.2, 0.25) is 0 Å². The van der Waals surface area contributed by atoms with Crippen LogP contribution in [-0.4, -0.2) is 19.5 Å². The zero-order valence-corrected chi connectivity index (χ0v) is 10.7. The number of nitrogens with one attached hydrogen (secondary N) is 1. The van der Waals surface area contributed by atoms with Crippen LogP contribution in [0.25, 0.3) is 0 Å². The van der Waals surface area contributed by atoms with Gasteiger partial charge >= 0.3 is 0 Å². The molecule has 0 bridgehead atoms. The number of halogens is 1. The summed E-state index contributed by atoms with van der Waals surface area (Å²) in [6, 6.07) is 3.94. The second kappa shape index (κ2) is 6.26. The van der Waals surface area contributed by atoms with Gasteiger partial charge in [-0.05, 0) is 43.1 Å². The summed E-state index contributed by atoms with van der Waals surface area (Å²) in [5, 5.41) is 3.83. The van der Waals surface area contributed by atoms with Crippen LogP contribution in [0, 0.1) is 6.92 Å². The maximum absolute atomic E-state index is 6.05. The Balaban J connectivity index is 2.76. The average Bonchev–Trinajstić information content (AvgIpc) is 2.23. The molecule has 0 spiro atoms. The minimum absolute atomic E-state index is 0.670. The van der Waals surface area contributed by atoms with Gasteiger partial charge in [-0.3, -0.25) is 0 Å². The van der Waals surface area contributed by atoms with Crippen molar-refractivity contribution in [3.63, 3.8) is 0 Å². The monoisotopic (exact) mass is 245 g/mol. The van der Waals surface area contributed by atoms with Crippen LogP contribution < -0.4 is 10.1 Å². The molecule has 0 atom stereocenters. The van der Waals surface area contributed by atoms with E-state index in [0.29, 0.717) is 10.9 Å². The lowest BCUT2D eigenvalue weighted by molar-refractivity contribution is 0.414. The van der Waals surface area contributed by atoms with Crippen LogP contribution in [0.3, 0.4) is 0 Å². The minimum Gasteiger partial charge on any atom is -0.495 e. The lowest BCUT2D eigenvalue weighted by atomic mass is 10.1. The van der Waals surface area contributed by atoms with E-state index in [-0.39, 0.29) is 0 Å². The summed E-state index contributed by atoms with van der Waals surface area (Å²) < 4.78 is 5.15. The van der Waals surface area contributed by atoms with Gasteiger partial charge in [0, 0.05) is 5.88 Å². The second-order valence-electron chi connectivity index (χ2n) is 3.32.